The molecule has 2 aromatic rings. The molecule has 1 unspecified atom stereocenters. The van der Waals surface area contributed by atoms with Crippen molar-refractivity contribution in [2.24, 2.45) is 0 Å². The van der Waals surface area contributed by atoms with E-state index in [1.807, 2.05) is 31.2 Å². The smallest absolute Gasteiger partial charge is 0.286 e. The van der Waals surface area contributed by atoms with E-state index in [1.54, 1.807) is 4.90 Å². The fraction of sp³-hybridized carbons (Fsp3) is 0.278. The van der Waals surface area contributed by atoms with Gasteiger partial charge in [0.25, 0.3) is 11.6 Å². The molecule has 7 nitrogen and oxygen atoms in total. The second-order valence-corrected chi connectivity index (χ2v) is 5.84. The van der Waals surface area contributed by atoms with Crippen molar-refractivity contribution in [1.82, 2.24) is 0 Å². The normalized spacial score (nSPS) is 15.6. The molecule has 1 aliphatic rings. The maximum absolute atomic E-state index is 13.1. The highest BCUT2D eigenvalue weighted by molar-refractivity contribution is 6.10. The molecular weight excluding hydrogens is 324 g/mol. The van der Waals surface area contributed by atoms with Gasteiger partial charge in [0.2, 0.25) is 0 Å². The number of ether oxygens (including phenoxy) is 2. The predicted octanol–water partition coefficient (Wildman–Crippen LogP) is 3.20. The molecule has 0 saturated carbocycles. The Morgan fingerprint density at radius 2 is 1.84 bits per heavy atom. The van der Waals surface area contributed by atoms with Gasteiger partial charge in [0.1, 0.15) is 5.56 Å². The molecule has 0 aliphatic carbocycles. The lowest BCUT2D eigenvalue weighted by molar-refractivity contribution is -0.385. The number of fused-ring (bicyclic) bond motifs is 1. The van der Waals surface area contributed by atoms with Crippen LogP contribution in [0.3, 0.4) is 0 Å². The van der Waals surface area contributed by atoms with E-state index >= 15 is 0 Å². The van der Waals surface area contributed by atoms with Gasteiger partial charge >= 0.3 is 0 Å². The minimum Gasteiger partial charge on any atom is -0.493 e. The first kappa shape index (κ1) is 16.8. The summed E-state index contributed by atoms with van der Waals surface area (Å²) in [5.74, 6) is 0.0577. The number of rotatable bonds is 4. The van der Waals surface area contributed by atoms with Crippen molar-refractivity contribution < 1.29 is 19.2 Å². The van der Waals surface area contributed by atoms with E-state index in [1.165, 1.54) is 26.4 Å². The molecular formula is C18H18N2O5. The van der Waals surface area contributed by atoms with Crippen LogP contribution in [-0.2, 0) is 6.42 Å². The molecule has 0 spiro atoms. The van der Waals surface area contributed by atoms with Gasteiger partial charge in [-0.25, -0.2) is 0 Å². The van der Waals surface area contributed by atoms with Crippen LogP contribution in [0.1, 0.15) is 22.8 Å². The molecule has 2 aromatic carbocycles. The van der Waals surface area contributed by atoms with Crippen molar-refractivity contribution in [3.05, 3.63) is 57.6 Å². The molecule has 3 rings (SSSR count). The SMILES string of the molecule is COc1cc(C(=O)N2c3ccccc3CC2C)c([N+](=O)[O-])cc1OC. The van der Waals surface area contributed by atoms with Crippen LogP contribution in [-0.4, -0.2) is 31.1 Å². The number of nitro benzene ring substituents is 1. The van der Waals surface area contributed by atoms with E-state index in [9.17, 15) is 14.9 Å². The highest BCUT2D eigenvalue weighted by atomic mass is 16.6. The number of amides is 1. The number of para-hydroxylation sites is 1. The third kappa shape index (κ3) is 2.77. The Morgan fingerprint density at radius 3 is 2.48 bits per heavy atom. The van der Waals surface area contributed by atoms with Crippen LogP contribution >= 0.6 is 0 Å². The average molecular weight is 342 g/mol. The van der Waals surface area contributed by atoms with E-state index in [0.29, 0.717) is 6.42 Å². The summed E-state index contributed by atoms with van der Waals surface area (Å²) in [6.45, 7) is 1.92. The Balaban J connectivity index is 2.12. The van der Waals surface area contributed by atoms with Crippen molar-refractivity contribution in [3.8, 4) is 11.5 Å². The summed E-state index contributed by atoms with van der Waals surface area (Å²) in [5, 5.41) is 11.5. The van der Waals surface area contributed by atoms with Crippen LogP contribution in [0.4, 0.5) is 11.4 Å². The molecule has 0 aromatic heterocycles. The minimum absolute atomic E-state index is 0.0220. The van der Waals surface area contributed by atoms with Crippen molar-refractivity contribution in [3.63, 3.8) is 0 Å². The van der Waals surface area contributed by atoms with E-state index in [2.05, 4.69) is 0 Å². The number of hydrogen-bond acceptors (Lipinski definition) is 5. The van der Waals surface area contributed by atoms with Crippen LogP contribution in [0, 0.1) is 10.1 Å². The first-order chi connectivity index (χ1) is 12.0. The number of benzene rings is 2. The van der Waals surface area contributed by atoms with E-state index < -0.39 is 10.8 Å². The molecule has 1 heterocycles. The van der Waals surface area contributed by atoms with Gasteiger partial charge in [-0.3, -0.25) is 14.9 Å². The molecule has 0 N–H and O–H groups in total. The first-order valence-corrected chi connectivity index (χ1v) is 7.79. The Labute approximate surface area is 144 Å². The van der Waals surface area contributed by atoms with Gasteiger partial charge in [-0.1, -0.05) is 18.2 Å². The largest absolute Gasteiger partial charge is 0.493 e. The number of nitro groups is 1. The lowest BCUT2D eigenvalue weighted by Gasteiger charge is -2.23. The van der Waals surface area contributed by atoms with Gasteiger partial charge in [-0.15, -0.1) is 0 Å². The number of nitrogens with zero attached hydrogens (tertiary/aromatic N) is 2. The molecule has 1 atom stereocenters. The zero-order valence-corrected chi connectivity index (χ0v) is 14.2. The summed E-state index contributed by atoms with van der Waals surface area (Å²) < 4.78 is 10.3. The zero-order chi connectivity index (χ0) is 18.1. The number of hydrogen-bond donors (Lipinski definition) is 0. The number of carbonyl (C=O) groups excluding carboxylic acids is 1. The van der Waals surface area contributed by atoms with Crippen molar-refractivity contribution in [2.45, 2.75) is 19.4 Å². The quantitative estimate of drug-likeness (QED) is 0.629. The molecule has 25 heavy (non-hydrogen) atoms. The Bertz CT molecular complexity index is 849. The highest BCUT2D eigenvalue weighted by Crippen LogP contribution is 2.38. The molecule has 0 bridgehead atoms. The van der Waals surface area contributed by atoms with E-state index in [0.717, 1.165) is 11.3 Å². The number of anilines is 1. The summed E-state index contributed by atoms with van der Waals surface area (Å²) in [6.07, 6.45) is 0.711. The van der Waals surface area contributed by atoms with Gasteiger partial charge in [-0.2, -0.15) is 0 Å². The van der Waals surface area contributed by atoms with Gasteiger partial charge < -0.3 is 14.4 Å². The molecule has 0 fully saturated rings. The summed E-state index contributed by atoms with van der Waals surface area (Å²) in [4.78, 5) is 25.6. The molecule has 0 radical (unpaired) electrons. The van der Waals surface area contributed by atoms with Crippen LogP contribution in [0.2, 0.25) is 0 Å². The molecule has 1 amide bonds. The third-order valence-corrected chi connectivity index (χ3v) is 4.36. The van der Waals surface area contributed by atoms with Gasteiger partial charge in [0.15, 0.2) is 11.5 Å². The summed E-state index contributed by atoms with van der Waals surface area (Å²) in [7, 11) is 2.81. The topological polar surface area (TPSA) is 81.9 Å². The second kappa shape index (κ2) is 6.43. The van der Waals surface area contributed by atoms with Crippen LogP contribution in [0.5, 0.6) is 11.5 Å². The highest BCUT2D eigenvalue weighted by Gasteiger charge is 2.35. The lowest BCUT2D eigenvalue weighted by Crippen LogP contribution is -2.36. The monoisotopic (exact) mass is 342 g/mol. The first-order valence-electron chi connectivity index (χ1n) is 7.79. The van der Waals surface area contributed by atoms with Crippen LogP contribution < -0.4 is 14.4 Å². The number of carbonyl (C=O) groups is 1. The fourth-order valence-corrected chi connectivity index (χ4v) is 3.20. The zero-order valence-electron chi connectivity index (χ0n) is 14.2. The van der Waals surface area contributed by atoms with Gasteiger partial charge in [0, 0.05) is 17.8 Å². The third-order valence-electron chi connectivity index (χ3n) is 4.36. The fourth-order valence-electron chi connectivity index (χ4n) is 3.20. The average Bonchev–Trinajstić information content (AvgIpc) is 2.95. The van der Waals surface area contributed by atoms with Crippen LogP contribution in [0.15, 0.2) is 36.4 Å². The van der Waals surface area contributed by atoms with E-state index in [-0.39, 0.29) is 28.8 Å². The maximum atomic E-state index is 13.1. The van der Waals surface area contributed by atoms with Crippen molar-refractivity contribution >= 4 is 17.3 Å². The Kier molecular flexibility index (Phi) is 4.31. The predicted molar refractivity (Wildman–Crippen MR) is 92.6 cm³/mol. The molecule has 130 valence electrons. The van der Waals surface area contributed by atoms with Crippen molar-refractivity contribution in [2.75, 3.05) is 19.1 Å². The van der Waals surface area contributed by atoms with Gasteiger partial charge in [0.05, 0.1) is 25.2 Å². The summed E-state index contributed by atoms with van der Waals surface area (Å²) in [5.41, 5.74) is 1.50. The lowest BCUT2D eigenvalue weighted by atomic mass is 10.1. The van der Waals surface area contributed by atoms with Crippen LogP contribution in [0.25, 0.3) is 0 Å². The van der Waals surface area contributed by atoms with Gasteiger partial charge in [-0.05, 0) is 25.0 Å². The Hall–Kier alpha value is -3.09. The Morgan fingerprint density at radius 1 is 1.20 bits per heavy atom. The van der Waals surface area contributed by atoms with Crippen molar-refractivity contribution in [1.29, 1.82) is 0 Å². The molecule has 0 saturated heterocycles. The molecule has 7 heteroatoms. The second-order valence-electron chi connectivity index (χ2n) is 5.84. The summed E-state index contributed by atoms with van der Waals surface area (Å²) in [6, 6.07) is 10.1. The van der Waals surface area contributed by atoms with E-state index in [4.69, 9.17) is 9.47 Å². The molecule has 1 aliphatic heterocycles. The minimum atomic E-state index is -0.582. The maximum Gasteiger partial charge on any atom is 0.286 e. The number of methoxy groups -OCH3 is 2. The summed E-state index contributed by atoms with van der Waals surface area (Å²) >= 11 is 0. The standard InChI is InChI=1S/C18H18N2O5/c1-11-8-12-6-4-5-7-14(12)19(11)18(21)13-9-16(24-2)17(25-3)10-15(13)20(22)23/h4-7,9-11H,8H2,1-3H3.